The van der Waals surface area contributed by atoms with E-state index < -0.39 is 22.8 Å². The molecule has 2 N–H and O–H groups in total. The Morgan fingerprint density at radius 2 is 2.08 bits per heavy atom. The highest BCUT2D eigenvalue weighted by molar-refractivity contribution is 5.94. The minimum Gasteiger partial charge on any atom is -0.501 e. The molecule has 0 radical (unpaired) electrons. The Kier molecular flexibility index (Phi) is 3.97. The summed E-state index contributed by atoms with van der Waals surface area (Å²) in [6, 6.07) is 5.61. The van der Waals surface area contributed by atoms with Crippen molar-refractivity contribution in [1.29, 1.82) is 0 Å². The fourth-order valence-electron chi connectivity index (χ4n) is 3.02. The minimum atomic E-state index is -0.850. The van der Waals surface area contributed by atoms with E-state index in [1.54, 1.807) is 0 Å². The van der Waals surface area contributed by atoms with Crippen LogP contribution in [0.1, 0.15) is 21.9 Å². The average Bonchev–Trinajstić information content (AvgIpc) is 2.62. The molecule has 0 bridgehead atoms. The van der Waals surface area contributed by atoms with Crippen LogP contribution in [0.15, 0.2) is 29.1 Å². The van der Waals surface area contributed by atoms with E-state index in [2.05, 4.69) is 10.3 Å². The van der Waals surface area contributed by atoms with E-state index in [0.29, 0.717) is 12.2 Å². The van der Waals surface area contributed by atoms with E-state index in [-0.39, 0.29) is 43.6 Å². The third kappa shape index (κ3) is 2.65. The molecule has 1 aromatic carbocycles. The van der Waals surface area contributed by atoms with Gasteiger partial charge in [0, 0.05) is 6.54 Å². The standard InChI is InChI=1S/C17H16FN3O5/c18-11-3-1-10(2-4-11)7-19-14(23)12-13(22)15(24)21-5-6-26-17(8-25-9-17)16(21)20-12/h1-4,22H,5-9H2,(H,19,23). The van der Waals surface area contributed by atoms with Gasteiger partial charge in [0.1, 0.15) is 11.6 Å². The smallest absolute Gasteiger partial charge is 0.296 e. The van der Waals surface area contributed by atoms with Gasteiger partial charge in [0.25, 0.3) is 11.5 Å². The molecule has 8 nitrogen and oxygen atoms in total. The van der Waals surface area contributed by atoms with Gasteiger partial charge >= 0.3 is 0 Å². The van der Waals surface area contributed by atoms with Crippen LogP contribution in [0, 0.1) is 5.82 Å². The van der Waals surface area contributed by atoms with Crippen molar-refractivity contribution in [2.24, 2.45) is 0 Å². The van der Waals surface area contributed by atoms with Crippen molar-refractivity contribution in [3.05, 3.63) is 57.5 Å². The summed E-state index contributed by atoms with van der Waals surface area (Å²) in [5.41, 5.74) is -1.23. The molecule has 0 saturated carbocycles. The summed E-state index contributed by atoms with van der Waals surface area (Å²) in [6.45, 7) is 1.12. The zero-order chi connectivity index (χ0) is 18.3. The predicted molar refractivity (Wildman–Crippen MR) is 86.2 cm³/mol. The van der Waals surface area contributed by atoms with Crippen LogP contribution in [0.3, 0.4) is 0 Å². The molecule has 3 heterocycles. The number of amides is 1. The first-order valence-corrected chi connectivity index (χ1v) is 8.09. The van der Waals surface area contributed by atoms with E-state index in [9.17, 15) is 19.1 Å². The number of nitrogens with one attached hydrogen (secondary N) is 1. The van der Waals surface area contributed by atoms with Gasteiger partial charge in [-0.05, 0) is 17.7 Å². The average molecular weight is 361 g/mol. The summed E-state index contributed by atoms with van der Waals surface area (Å²) < 4.78 is 25.1. The van der Waals surface area contributed by atoms with Crippen molar-refractivity contribution in [2.75, 3.05) is 19.8 Å². The van der Waals surface area contributed by atoms with Crippen LogP contribution in [-0.2, 0) is 28.2 Å². The van der Waals surface area contributed by atoms with Crippen LogP contribution in [0.2, 0.25) is 0 Å². The molecule has 9 heteroatoms. The van der Waals surface area contributed by atoms with E-state index in [1.165, 1.54) is 28.8 Å². The molecular formula is C17H16FN3O5. The first-order valence-electron chi connectivity index (χ1n) is 8.09. The minimum absolute atomic E-state index is 0.101. The number of aromatic nitrogens is 2. The molecule has 1 amide bonds. The Morgan fingerprint density at radius 1 is 1.35 bits per heavy atom. The number of hydrogen-bond acceptors (Lipinski definition) is 6. The number of aromatic hydroxyl groups is 1. The highest BCUT2D eigenvalue weighted by atomic mass is 19.1. The van der Waals surface area contributed by atoms with Crippen LogP contribution in [0.25, 0.3) is 0 Å². The lowest BCUT2D eigenvalue weighted by atomic mass is 9.99. The number of halogens is 1. The molecule has 0 atom stereocenters. The number of nitrogens with zero attached hydrogens (tertiary/aromatic N) is 2. The highest BCUT2D eigenvalue weighted by Crippen LogP contribution is 2.35. The zero-order valence-corrected chi connectivity index (χ0v) is 13.7. The molecule has 1 spiro atoms. The molecule has 1 aromatic heterocycles. The van der Waals surface area contributed by atoms with E-state index in [4.69, 9.17) is 9.47 Å². The van der Waals surface area contributed by atoms with Crippen LogP contribution in [0.4, 0.5) is 4.39 Å². The second kappa shape index (κ2) is 6.19. The van der Waals surface area contributed by atoms with Gasteiger partial charge in [0.15, 0.2) is 11.3 Å². The van der Waals surface area contributed by atoms with Gasteiger partial charge in [-0.15, -0.1) is 0 Å². The molecular weight excluding hydrogens is 345 g/mol. The molecule has 0 unspecified atom stereocenters. The molecule has 4 rings (SSSR count). The second-order valence-electron chi connectivity index (χ2n) is 6.23. The number of carbonyl (C=O) groups is 1. The quantitative estimate of drug-likeness (QED) is 0.814. The summed E-state index contributed by atoms with van der Waals surface area (Å²) in [7, 11) is 0. The molecule has 2 aliphatic rings. The van der Waals surface area contributed by atoms with E-state index >= 15 is 0 Å². The fraction of sp³-hybridized carbons (Fsp3) is 0.353. The van der Waals surface area contributed by atoms with Crippen molar-refractivity contribution in [2.45, 2.75) is 18.7 Å². The Labute approximate surface area is 147 Å². The number of hydrogen-bond donors (Lipinski definition) is 2. The Balaban J connectivity index is 1.63. The van der Waals surface area contributed by atoms with Gasteiger partial charge < -0.3 is 19.9 Å². The maximum atomic E-state index is 12.9. The Morgan fingerprint density at radius 3 is 2.73 bits per heavy atom. The number of carbonyl (C=O) groups excluding carboxylic acids is 1. The molecule has 1 fully saturated rings. The van der Waals surface area contributed by atoms with E-state index in [1.807, 2.05) is 0 Å². The summed E-state index contributed by atoms with van der Waals surface area (Å²) in [6.07, 6.45) is 0. The van der Waals surface area contributed by atoms with Crippen molar-refractivity contribution < 1.29 is 23.8 Å². The normalized spacial score (nSPS) is 17.4. The SMILES string of the molecule is O=C(NCc1ccc(F)cc1)c1nc2n(c(=O)c1O)CCOC21COC1. The molecule has 2 aliphatic heterocycles. The summed E-state index contributed by atoms with van der Waals surface area (Å²) in [5.74, 6) is -1.50. The monoisotopic (exact) mass is 361 g/mol. The predicted octanol–water partition coefficient (Wildman–Crippen LogP) is 0.274. The molecule has 136 valence electrons. The van der Waals surface area contributed by atoms with Crippen LogP contribution in [0.5, 0.6) is 5.75 Å². The Hall–Kier alpha value is -2.78. The van der Waals surface area contributed by atoms with Gasteiger partial charge in [-0.25, -0.2) is 9.37 Å². The number of fused-ring (bicyclic) bond motifs is 2. The van der Waals surface area contributed by atoms with Crippen molar-refractivity contribution in [1.82, 2.24) is 14.9 Å². The number of ether oxygens (including phenoxy) is 2. The van der Waals surface area contributed by atoms with Gasteiger partial charge in [-0.2, -0.15) is 0 Å². The van der Waals surface area contributed by atoms with Gasteiger partial charge in [-0.3, -0.25) is 14.2 Å². The van der Waals surface area contributed by atoms with Gasteiger partial charge in [0.2, 0.25) is 5.75 Å². The molecule has 0 aliphatic carbocycles. The van der Waals surface area contributed by atoms with Crippen LogP contribution >= 0.6 is 0 Å². The largest absolute Gasteiger partial charge is 0.501 e. The lowest BCUT2D eigenvalue weighted by molar-refractivity contribution is -0.233. The number of benzene rings is 1. The van der Waals surface area contributed by atoms with E-state index in [0.717, 1.165) is 0 Å². The summed E-state index contributed by atoms with van der Waals surface area (Å²) >= 11 is 0. The molecule has 26 heavy (non-hydrogen) atoms. The summed E-state index contributed by atoms with van der Waals surface area (Å²) in [5, 5.41) is 12.7. The van der Waals surface area contributed by atoms with Crippen LogP contribution < -0.4 is 10.9 Å². The van der Waals surface area contributed by atoms with Crippen molar-refractivity contribution >= 4 is 5.91 Å². The maximum absolute atomic E-state index is 12.9. The molecule has 1 saturated heterocycles. The first kappa shape index (κ1) is 16.7. The lowest BCUT2D eigenvalue weighted by Gasteiger charge is -2.44. The van der Waals surface area contributed by atoms with Crippen molar-refractivity contribution in [3.8, 4) is 5.75 Å². The van der Waals surface area contributed by atoms with Gasteiger partial charge in [0.05, 0.1) is 26.4 Å². The van der Waals surface area contributed by atoms with Crippen LogP contribution in [-0.4, -0.2) is 40.4 Å². The third-order valence-electron chi connectivity index (χ3n) is 4.50. The third-order valence-corrected chi connectivity index (χ3v) is 4.50. The first-order chi connectivity index (χ1) is 12.5. The topological polar surface area (TPSA) is 103 Å². The Bertz CT molecular complexity index is 921. The van der Waals surface area contributed by atoms with Crippen molar-refractivity contribution in [3.63, 3.8) is 0 Å². The zero-order valence-electron chi connectivity index (χ0n) is 13.7. The lowest BCUT2D eigenvalue weighted by Crippen LogP contribution is -2.56. The molecule has 2 aromatic rings. The summed E-state index contributed by atoms with van der Waals surface area (Å²) in [4.78, 5) is 29.1. The maximum Gasteiger partial charge on any atom is 0.296 e. The fourth-order valence-corrected chi connectivity index (χ4v) is 3.02. The number of rotatable bonds is 3. The second-order valence-corrected chi connectivity index (χ2v) is 6.23. The van der Waals surface area contributed by atoms with Gasteiger partial charge in [-0.1, -0.05) is 12.1 Å². The highest BCUT2D eigenvalue weighted by Gasteiger charge is 2.48.